The number of nitrogens with two attached hydrogens (primary N) is 1. The molecule has 0 fully saturated rings. The minimum atomic E-state index is -2.91. The molecule has 5 nitrogen and oxygen atoms in total. The Morgan fingerprint density at radius 2 is 2.22 bits per heavy atom. The molecular formula is C10H7ClF2N4O. The molecule has 0 spiro atoms. The molecule has 0 bridgehead atoms. The minimum Gasteiger partial charge on any atom is -0.365 e. The van der Waals surface area contributed by atoms with Gasteiger partial charge in [-0.05, 0) is 12.1 Å². The summed E-state index contributed by atoms with van der Waals surface area (Å²) in [5, 5.41) is 3.80. The molecule has 94 valence electrons. The number of halogens is 3. The Hall–Kier alpha value is -2.02. The SMILES string of the molecule is NC(=O)c1cn(-c2ncccc2Cl)nc1C(F)F. The largest absolute Gasteiger partial charge is 0.365 e. The molecule has 18 heavy (non-hydrogen) atoms. The molecule has 0 aromatic carbocycles. The maximum atomic E-state index is 12.7. The molecular weight excluding hydrogens is 266 g/mol. The van der Waals surface area contributed by atoms with Gasteiger partial charge in [0, 0.05) is 12.4 Å². The van der Waals surface area contributed by atoms with Crippen molar-refractivity contribution in [3.63, 3.8) is 0 Å². The normalized spacial score (nSPS) is 10.9. The minimum absolute atomic E-state index is 0.147. The van der Waals surface area contributed by atoms with Crippen LogP contribution in [0.1, 0.15) is 22.5 Å². The second-order valence-electron chi connectivity index (χ2n) is 3.35. The van der Waals surface area contributed by atoms with Crippen LogP contribution in [0.3, 0.4) is 0 Å². The maximum Gasteiger partial charge on any atom is 0.282 e. The average molecular weight is 273 g/mol. The van der Waals surface area contributed by atoms with E-state index in [4.69, 9.17) is 17.3 Å². The summed E-state index contributed by atoms with van der Waals surface area (Å²) in [7, 11) is 0. The van der Waals surface area contributed by atoms with Crippen LogP contribution < -0.4 is 5.73 Å². The molecule has 2 aromatic heterocycles. The summed E-state index contributed by atoms with van der Waals surface area (Å²) >= 11 is 5.85. The number of primary amides is 1. The molecule has 8 heteroatoms. The fourth-order valence-electron chi connectivity index (χ4n) is 1.39. The smallest absolute Gasteiger partial charge is 0.282 e. The predicted octanol–water partition coefficient (Wildman–Crippen LogP) is 1.96. The van der Waals surface area contributed by atoms with Crippen LogP contribution in [0, 0.1) is 0 Å². The molecule has 2 rings (SSSR count). The van der Waals surface area contributed by atoms with Gasteiger partial charge in [0.25, 0.3) is 12.3 Å². The highest BCUT2D eigenvalue weighted by atomic mass is 35.5. The van der Waals surface area contributed by atoms with E-state index in [0.717, 1.165) is 10.9 Å². The predicted molar refractivity (Wildman–Crippen MR) is 59.8 cm³/mol. The third-order valence-electron chi connectivity index (χ3n) is 2.17. The Morgan fingerprint density at radius 1 is 1.50 bits per heavy atom. The highest BCUT2D eigenvalue weighted by molar-refractivity contribution is 6.32. The molecule has 0 unspecified atom stereocenters. The molecule has 0 saturated carbocycles. The number of pyridine rings is 1. The average Bonchev–Trinajstić information content (AvgIpc) is 2.74. The molecule has 0 saturated heterocycles. The summed E-state index contributed by atoms with van der Waals surface area (Å²) in [4.78, 5) is 14.9. The quantitative estimate of drug-likeness (QED) is 0.928. The Balaban J connectivity index is 2.57. The van der Waals surface area contributed by atoms with E-state index in [1.807, 2.05) is 0 Å². The second-order valence-corrected chi connectivity index (χ2v) is 3.75. The van der Waals surface area contributed by atoms with Crippen LogP contribution in [-0.4, -0.2) is 20.7 Å². The summed E-state index contributed by atoms with van der Waals surface area (Å²) in [5.74, 6) is -0.836. The summed E-state index contributed by atoms with van der Waals surface area (Å²) in [6.45, 7) is 0. The number of nitrogens with zero attached hydrogens (tertiary/aromatic N) is 3. The van der Waals surface area contributed by atoms with Crippen LogP contribution in [-0.2, 0) is 0 Å². The first-order valence-corrected chi connectivity index (χ1v) is 5.17. The van der Waals surface area contributed by atoms with Crippen molar-refractivity contribution in [3.8, 4) is 5.82 Å². The van der Waals surface area contributed by atoms with Crippen molar-refractivity contribution in [2.45, 2.75) is 6.43 Å². The van der Waals surface area contributed by atoms with E-state index in [-0.39, 0.29) is 16.4 Å². The van der Waals surface area contributed by atoms with Crippen molar-refractivity contribution in [2.24, 2.45) is 5.73 Å². The van der Waals surface area contributed by atoms with Gasteiger partial charge < -0.3 is 5.73 Å². The van der Waals surface area contributed by atoms with Crippen molar-refractivity contribution in [2.75, 3.05) is 0 Å². The first-order chi connectivity index (χ1) is 8.50. The Labute approximate surface area is 105 Å². The van der Waals surface area contributed by atoms with E-state index in [2.05, 4.69) is 10.1 Å². The van der Waals surface area contributed by atoms with E-state index in [1.54, 1.807) is 6.07 Å². The molecule has 1 amide bonds. The first kappa shape index (κ1) is 12.4. The lowest BCUT2D eigenvalue weighted by Crippen LogP contribution is -2.12. The van der Waals surface area contributed by atoms with Crippen molar-refractivity contribution >= 4 is 17.5 Å². The highest BCUT2D eigenvalue weighted by Gasteiger charge is 2.22. The number of carbonyl (C=O) groups is 1. The number of alkyl halides is 2. The van der Waals surface area contributed by atoms with Gasteiger partial charge in [0.05, 0.1) is 10.6 Å². The van der Waals surface area contributed by atoms with Gasteiger partial charge >= 0.3 is 0 Å². The lowest BCUT2D eigenvalue weighted by atomic mass is 10.2. The zero-order valence-electron chi connectivity index (χ0n) is 8.85. The van der Waals surface area contributed by atoms with E-state index in [1.165, 1.54) is 12.3 Å². The van der Waals surface area contributed by atoms with E-state index >= 15 is 0 Å². The number of aromatic nitrogens is 3. The van der Waals surface area contributed by atoms with Gasteiger partial charge in [0.2, 0.25) is 0 Å². The van der Waals surface area contributed by atoms with Gasteiger partial charge in [-0.2, -0.15) is 5.10 Å². The molecule has 0 aliphatic carbocycles. The number of hydrogen-bond acceptors (Lipinski definition) is 3. The standard InChI is InChI=1S/C10H7ClF2N4O/c11-6-2-1-3-15-10(6)17-4-5(9(14)18)7(16-17)8(12)13/h1-4,8H,(H2,14,18). The van der Waals surface area contributed by atoms with Gasteiger partial charge in [0.1, 0.15) is 5.69 Å². The van der Waals surface area contributed by atoms with Crippen LogP contribution >= 0.6 is 11.6 Å². The molecule has 0 atom stereocenters. The van der Waals surface area contributed by atoms with Crippen molar-refractivity contribution in [1.82, 2.24) is 14.8 Å². The van der Waals surface area contributed by atoms with Crippen LogP contribution in [0.5, 0.6) is 0 Å². The Bertz CT molecular complexity index is 599. The number of carbonyl (C=O) groups excluding carboxylic acids is 1. The molecule has 0 radical (unpaired) electrons. The molecule has 0 aliphatic heterocycles. The lowest BCUT2D eigenvalue weighted by molar-refractivity contribution is 0.0985. The van der Waals surface area contributed by atoms with E-state index in [9.17, 15) is 13.6 Å². The maximum absolute atomic E-state index is 12.7. The molecule has 0 aliphatic rings. The third kappa shape index (κ3) is 2.17. The van der Waals surface area contributed by atoms with Crippen molar-refractivity contribution in [3.05, 3.63) is 40.8 Å². The van der Waals surface area contributed by atoms with E-state index < -0.39 is 18.0 Å². The number of amides is 1. The molecule has 2 heterocycles. The topological polar surface area (TPSA) is 73.8 Å². The summed E-state index contributed by atoms with van der Waals surface area (Å²) in [6.07, 6.45) is -0.399. The zero-order valence-corrected chi connectivity index (χ0v) is 9.60. The lowest BCUT2D eigenvalue weighted by Gasteiger charge is -2.01. The Kier molecular flexibility index (Phi) is 3.24. The Morgan fingerprint density at radius 3 is 2.72 bits per heavy atom. The van der Waals surface area contributed by atoms with Crippen LogP contribution in [0.15, 0.2) is 24.5 Å². The van der Waals surface area contributed by atoms with E-state index in [0.29, 0.717) is 0 Å². The van der Waals surface area contributed by atoms with Crippen molar-refractivity contribution in [1.29, 1.82) is 0 Å². The summed E-state index contributed by atoms with van der Waals surface area (Å²) in [6, 6.07) is 3.11. The van der Waals surface area contributed by atoms with Gasteiger partial charge in [-0.1, -0.05) is 11.6 Å². The first-order valence-electron chi connectivity index (χ1n) is 4.79. The monoisotopic (exact) mass is 272 g/mol. The van der Waals surface area contributed by atoms with Crippen LogP contribution in [0.2, 0.25) is 5.02 Å². The number of rotatable bonds is 3. The zero-order chi connectivity index (χ0) is 13.3. The fourth-order valence-corrected chi connectivity index (χ4v) is 1.60. The summed E-state index contributed by atoms with van der Waals surface area (Å²) in [5.41, 5.74) is 3.96. The van der Waals surface area contributed by atoms with Crippen LogP contribution in [0.4, 0.5) is 8.78 Å². The fraction of sp³-hybridized carbons (Fsp3) is 0.100. The number of hydrogen-bond donors (Lipinski definition) is 1. The van der Waals surface area contributed by atoms with Gasteiger partial charge in [0.15, 0.2) is 5.82 Å². The van der Waals surface area contributed by atoms with Gasteiger partial charge in [-0.25, -0.2) is 18.4 Å². The second kappa shape index (κ2) is 4.69. The van der Waals surface area contributed by atoms with Crippen LogP contribution in [0.25, 0.3) is 5.82 Å². The highest BCUT2D eigenvalue weighted by Crippen LogP contribution is 2.24. The third-order valence-corrected chi connectivity index (χ3v) is 2.47. The van der Waals surface area contributed by atoms with Crippen molar-refractivity contribution < 1.29 is 13.6 Å². The molecule has 2 N–H and O–H groups in total. The summed E-state index contributed by atoms with van der Waals surface area (Å²) < 4.78 is 26.4. The van der Waals surface area contributed by atoms with Gasteiger partial charge in [-0.15, -0.1) is 0 Å². The van der Waals surface area contributed by atoms with Gasteiger partial charge in [-0.3, -0.25) is 4.79 Å². The molecule has 2 aromatic rings.